The van der Waals surface area contributed by atoms with E-state index in [2.05, 4.69) is 21.7 Å². The second kappa shape index (κ2) is 6.61. The molecule has 0 heterocycles. The summed E-state index contributed by atoms with van der Waals surface area (Å²) >= 11 is 3.47. The van der Waals surface area contributed by atoms with Gasteiger partial charge in [-0.05, 0) is 30.7 Å². The summed E-state index contributed by atoms with van der Waals surface area (Å²) in [6.07, 6.45) is 3.73. The lowest BCUT2D eigenvalue weighted by Gasteiger charge is -2.03. The first-order valence-corrected chi connectivity index (χ1v) is 5.30. The van der Waals surface area contributed by atoms with E-state index in [1.807, 2.05) is 43.3 Å². The Morgan fingerprint density at radius 2 is 2.21 bits per heavy atom. The van der Waals surface area contributed by atoms with Gasteiger partial charge in [-0.1, -0.05) is 34.1 Å². The van der Waals surface area contributed by atoms with Crippen LogP contribution in [0.5, 0.6) is 0 Å². The molecule has 0 fully saturated rings. The molecular formula is C12H13BrO. The van der Waals surface area contributed by atoms with Crippen LogP contribution in [0.2, 0.25) is 0 Å². The number of benzene rings is 1. The molecule has 1 rings (SSSR count). The van der Waals surface area contributed by atoms with Crippen LogP contribution < -0.4 is 0 Å². The smallest absolute Gasteiger partial charge is 0.0732 e. The maximum Gasteiger partial charge on any atom is 0.0732 e. The van der Waals surface area contributed by atoms with Crippen LogP contribution in [0.1, 0.15) is 12.5 Å². The topological polar surface area (TPSA) is 9.23 Å². The van der Waals surface area contributed by atoms with Gasteiger partial charge in [0.15, 0.2) is 0 Å². The Labute approximate surface area is 93.2 Å². The lowest BCUT2D eigenvalue weighted by Crippen LogP contribution is -1.93. The average Bonchev–Trinajstić information content (AvgIpc) is 2.20. The zero-order chi connectivity index (χ0) is 10.2. The van der Waals surface area contributed by atoms with Gasteiger partial charge in [-0.2, -0.15) is 0 Å². The zero-order valence-corrected chi connectivity index (χ0v) is 9.75. The molecule has 0 saturated heterocycles. The first kappa shape index (κ1) is 11.3. The fraction of sp³-hybridized carbons (Fsp3) is 0.250. The van der Waals surface area contributed by atoms with Gasteiger partial charge in [0.05, 0.1) is 13.2 Å². The number of hydrogen-bond donors (Lipinski definition) is 0. The van der Waals surface area contributed by atoms with Gasteiger partial charge in [0, 0.05) is 4.47 Å². The normalized spacial score (nSPS) is 9.29. The van der Waals surface area contributed by atoms with E-state index in [0.717, 1.165) is 4.47 Å². The zero-order valence-electron chi connectivity index (χ0n) is 8.16. The van der Waals surface area contributed by atoms with Gasteiger partial charge in [0.25, 0.3) is 0 Å². The molecule has 0 aliphatic heterocycles. The van der Waals surface area contributed by atoms with Gasteiger partial charge in [-0.3, -0.25) is 0 Å². The summed E-state index contributed by atoms with van der Waals surface area (Å²) in [4.78, 5) is 0. The molecule has 0 aliphatic carbocycles. The van der Waals surface area contributed by atoms with Crippen molar-refractivity contribution < 1.29 is 4.74 Å². The molecular weight excluding hydrogens is 240 g/mol. The molecule has 0 saturated carbocycles. The van der Waals surface area contributed by atoms with E-state index in [0.29, 0.717) is 13.2 Å². The molecule has 0 unspecified atom stereocenters. The van der Waals surface area contributed by atoms with Crippen LogP contribution >= 0.6 is 15.9 Å². The Kier molecular flexibility index (Phi) is 5.31. The minimum absolute atomic E-state index is 0.603. The van der Waals surface area contributed by atoms with Crippen molar-refractivity contribution in [2.24, 2.45) is 0 Å². The molecule has 0 bridgehead atoms. The predicted octanol–water partition coefficient (Wildman–Crippen LogP) is 3.70. The highest BCUT2D eigenvalue weighted by atomic mass is 79.9. The van der Waals surface area contributed by atoms with Crippen LogP contribution in [0.25, 0.3) is 0 Å². The molecule has 0 N–H and O–H groups in total. The van der Waals surface area contributed by atoms with Crippen LogP contribution in [-0.4, -0.2) is 6.61 Å². The van der Waals surface area contributed by atoms with Crippen molar-refractivity contribution in [3.05, 3.63) is 52.2 Å². The van der Waals surface area contributed by atoms with E-state index in [-0.39, 0.29) is 0 Å². The molecule has 0 aromatic heterocycles. The number of halogens is 1. The first-order chi connectivity index (χ1) is 6.84. The van der Waals surface area contributed by atoms with E-state index in [1.165, 1.54) is 5.56 Å². The molecule has 2 heteroatoms. The molecule has 0 atom stereocenters. The Balaban J connectivity index is 2.39. The van der Waals surface area contributed by atoms with Crippen molar-refractivity contribution in [1.82, 2.24) is 0 Å². The van der Waals surface area contributed by atoms with Crippen molar-refractivity contribution >= 4 is 15.9 Å². The van der Waals surface area contributed by atoms with Gasteiger partial charge >= 0.3 is 0 Å². The van der Waals surface area contributed by atoms with E-state index in [1.54, 1.807) is 0 Å². The third-order valence-electron chi connectivity index (χ3n) is 1.70. The molecule has 1 aromatic rings. The highest BCUT2D eigenvalue weighted by Crippen LogP contribution is 2.16. The van der Waals surface area contributed by atoms with E-state index in [4.69, 9.17) is 4.74 Å². The van der Waals surface area contributed by atoms with Crippen LogP contribution in [0.15, 0.2) is 46.6 Å². The average molecular weight is 253 g/mol. The molecule has 0 spiro atoms. The summed E-state index contributed by atoms with van der Waals surface area (Å²) in [5.74, 6) is 0. The predicted molar refractivity (Wildman–Crippen MR) is 62.1 cm³/mol. The van der Waals surface area contributed by atoms with Crippen molar-refractivity contribution in [2.75, 3.05) is 6.61 Å². The standard InChI is InChI=1S/C12H13BrO/c1-2-3-6-9-14-10-11-7-4-5-8-12(11)13/h2,4-8H,9-10H2,1H3. The van der Waals surface area contributed by atoms with Crippen LogP contribution in [0.4, 0.5) is 0 Å². The van der Waals surface area contributed by atoms with Gasteiger partial charge in [0.1, 0.15) is 0 Å². The van der Waals surface area contributed by atoms with E-state index < -0.39 is 0 Å². The summed E-state index contributed by atoms with van der Waals surface area (Å²) < 4.78 is 6.53. The Morgan fingerprint density at radius 1 is 1.43 bits per heavy atom. The maximum atomic E-state index is 5.43. The lowest BCUT2D eigenvalue weighted by atomic mass is 10.2. The van der Waals surface area contributed by atoms with Crippen LogP contribution in [0.3, 0.4) is 0 Å². The lowest BCUT2D eigenvalue weighted by molar-refractivity contribution is 0.148. The molecule has 74 valence electrons. The summed E-state index contributed by atoms with van der Waals surface area (Å²) in [5.41, 5.74) is 4.13. The molecule has 1 nitrogen and oxygen atoms in total. The second-order valence-corrected chi connectivity index (χ2v) is 3.62. The highest BCUT2D eigenvalue weighted by molar-refractivity contribution is 9.10. The van der Waals surface area contributed by atoms with Crippen molar-refractivity contribution in [2.45, 2.75) is 13.5 Å². The monoisotopic (exact) mass is 252 g/mol. The third kappa shape index (κ3) is 3.93. The van der Waals surface area contributed by atoms with E-state index in [9.17, 15) is 0 Å². The summed E-state index contributed by atoms with van der Waals surface area (Å²) in [7, 11) is 0. The Bertz CT molecular complexity index is 338. The number of hydrogen-bond acceptors (Lipinski definition) is 1. The molecule has 14 heavy (non-hydrogen) atoms. The van der Waals surface area contributed by atoms with Crippen molar-refractivity contribution in [3.8, 4) is 0 Å². The van der Waals surface area contributed by atoms with Crippen molar-refractivity contribution in [3.63, 3.8) is 0 Å². The van der Waals surface area contributed by atoms with Gasteiger partial charge in [-0.15, -0.1) is 5.73 Å². The first-order valence-electron chi connectivity index (χ1n) is 4.51. The minimum Gasteiger partial charge on any atom is -0.372 e. The fourth-order valence-electron chi connectivity index (χ4n) is 1.01. The molecule has 0 amide bonds. The molecule has 1 aromatic carbocycles. The second-order valence-electron chi connectivity index (χ2n) is 2.77. The maximum absolute atomic E-state index is 5.43. The summed E-state index contributed by atoms with van der Waals surface area (Å²) in [6, 6.07) is 8.06. The molecule has 0 radical (unpaired) electrons. The Morgan fingerprint density at radius 3 is 2.93 bits per heavy atom. The third-order valence-corrected chi connectivity index (χ3v) is 2.47. The minimum atomic E-state index is 0.603. The van der Waals surface area contributed by atoms with Gasteiger partial charge in [0.2, 0.25) is 0 Å². The quantitative estimate of drug-likeness (QED) is 0.587. The van der Waals surface area contributed by atoms with Gasteiger partial charge < -0.3 is 4.74 Å². The largest absolute Gasteiger partial charge is 0.372 e. The number of ether oxygens (including phenoxy) is 1. The SMILES string of the molecule is CC=C=CCOCc1ccccc1Br. The van der Waals surface area contributed by atoms with Crippen LogP contribution in [-0.2, 0) is 11.3 Å². The number of rotatable bonds is 4. The highest BCUT2D eigenvalue weighted by Gasteiger charge is 1.96. The fourth-order valence-corrected chi connectivity index (χ4v) is 1.41. The summed E-state index contributed by atoms with van der Waals surface area (Å²) in [5, 5.41) is 0. The van der Waals surface area contributed by atoms with E-state index >= 15 is 0 Å². The molecule has 0 aliphatic rings. The van der Waals surface area contributed by atoms with Gasteiger partial charge in [-0.25, -0.2) is 0 Å². The van der Waals surface area contributed by atoms with Crippen molar-refractivity contribution in [1.29, 1.82) is 0 Å². The summed E-state index contributed by atoms with van der Waals surface area (Å²) in [6.45, 7) is 3.17. The van der Waals surface area contributed by atoms with Crippen LogP contribution in [0, 0.1) is 0 Å². The Hall–Kier alpha value is -0.820.